The zero-order valence-electron chi connectivity index (χ0n) is 10.3. The second kappa shape index (κ2) is 6.91. The quantitative estimate of drug-likeness (QED) is 0.736. The summed E-state index contributed by atoms with van der Waals surface area (Å²) in [5.41, 5.74) is 3.24. The molecule has 0 aliphatic rings. The van der Waals surface area contributed by atoms with E-state index in [1.54, 1.807) is 0 Å². The number of anilines is 1. The monoisotopic (exact) mass is 237 g/mol. The van der Waals surface area contributed by atoms with Gasteiger partial charge in [-0.05, 0) is 30.5 Å². The maximum absolute atomic E-state index is 11.0. The predicted molar refractivity (Wildman–Crippen MR) is 67.1 cm³/mol. The standard InChI is InChI=1S/C13H19NO3/c1-10-9-11(4-6-13(16)17-2)3-5-12(10)14-7-8-15/h3,5,9,14-15H,4,6-8H2,1-2H3. The van der Waals surface area contributed by atoms with E-state index < -0.39 is 0 Å². The second-order valence-corrected chi connectivity index (χ2v) is 3.88. The molecule has 94 valence electrons. The first kappa shape index (κ1) is 13.5. The van der Waals surface area contributed by atoms with Gasteiger partial charge >= 0.3 is 5.97 Å². The van der Waals surface area contributed by atoms with E-state index in [4.69, 9.17) is 5.11 Å². The summed E-state index contributed by atoms with van der Waals surface area (Å²) in [5, 5.41) is 11.9. The number of carbonyl (C=O) groups excluding carboxylic acids is 1. The lowest BCUT2D eigenvalue weighted by molar-refractivity contribution is -0.140. The van der Waals surface area contributed by atoms with E-state index in [0.29, 0.717) is 19.4 Å². The van der Waals surface area contributed by atoms with Crippen LogP contribution in [0.5, 0.6) is 0 Å². The first-order chi connectivity index (χ1) is 8.17. The Hall–Kier alpha value is -1.55. The number of hydrogen-bond acceptors (Lipinski definition) is 4. The summed E-state index contributed by atoms with van der Waals surface area (Å²) in [5.74, 6) is -0.190. The van der Waals surface area contributed by atoms with Gasteiger partial charge in [-0.15, -0.1) is 0 Å². The Morgan fingerprint density at radius 1 is 1.47 bits per heavy atom. The molecule has 0 aliphatic heterocycles. The van der Waals surface area contributed by atoms with Crippen molar-refractivity contribution in [2.24, 2.45) is 0 Å². The zero-order chi connectivity index (χ0) is 12.7. The van der Waals surface area contributed by atoms with Crippen molar-refractivity contribution in [3.05, 3.63) is 29.3 Å². The molecule has 0 atom stereocenters. The number of hydrogen-bond donors (Lipinski definition) is 2. The summed E-state index contributed by atoms with van der Waals surface area (Å²) in [6, 6.07) is 6.00. The van der Waals surface area contributed by atoms with Gasteiger partial charge < -0.3 is 15.2 Å². The zero-order valence-corrected chi connectivity index (χ0v) is 10.3. The van der Waals surface area contributed by atoms with Crippen LogP contribution < -0.4 is 5.32 Å². The smallest absolute Gasteiger partial charge is 0.305 e. The average Bonchev–Trinajstić information content (AvgIpc) is 2.34. The largest absolute Gasteiger partial charge is 0.469 e. The lowest BCUT2D eigenvalue weighted by atomic mass is 10.1. The minimum absolute atomic E-state index is 0.115. The number of esters is 1. The van der Waals surface area contributed by atoms with Gasteiger partial charge in [0.1, 0.15) is 0 Å². The maximum atomic E-state index is 11.0. The van der Waals surface area contributed by atoms with Crippen LogP contribution in [0.2, 0.25) is 0 Å². The molecular formula is C13H19NO3. The predicted octanol–water partition coefficient (Wildman–Crippen LogP) is 1.50. The normalized spacial score (nSPS) is 10.1. The molecular weight excluding hydrogens is 218 g/mol. The number of ether oxygens (including phenoxy) is 1. The van der Waals surface area contributed by atoms with Crippen molar-refractivity contribution in [2.45, 2.75) is 19.8 Å². The number of nitrogens with one attached hydrogen (secondary N) is 1. The molecule has 2 N–H and O–H groups in total. The molecule has 0 saturated carbocycles. The van der Waals surface area contributed by atoms with Gasteiger partial charge in [-0.2, -0.15) is 0 Å². The number of rotatable bonds is 6. The van der Waals surface area contributed by atoms with E-state index in [0.717, 1.165) is 16.8 Å². The summed E-state index contributed by atoms with van der Waals surface area (Å²) in [4.78, 5) is 11.0. The highest BCUT2D eigenvalue weighted by molar-refractivity contribution is 5.69. The third-order valence-corrected chi connectivity index (χ3v) is 2.56. The number of aliphatic hydroxyl groups excluding tert-OH is 1. The highest BCUT2D eigenvalue weighted by Gasteiger charge is 2.03. The summed E-state index contributed by atoms with van der Waals surface area (Å²) >= 11 is 0. The summed E-state index contributed by atoms with van der Waals surface area (Å²) in [7, 11) is 1.40. The summed E-state index contributed by atoms with van der Waals surface area (Å²) < 4.78 is 4.60. The Kier molecular flexibility index (Phi) is 5.49. The molecule has 0 heterocycles. The summed E-state index contributed by atoms with van der Waals surface area (Å²) in [6.07, 6.45) is 1.09. The Bertz CT molecular complexity index is 377. The molecule has 0 spiro atoms. The molecule has 1 aromatic rings. The molecule has 0 saturated heterocycles. The van der Waals surface area contributed by atoms with E-state index in [1.807, 2.05) is 25.1 Å². The van der Waals surface area contributed by atoms with Crippen molar-refractivity contribution in [1.29, 1.82) is 0 Å². The number of methoxy groups -OCH3 is 1. The molecule has 17 heavy (non-hydrogen) atoms. The third-order valence-electron chi connectivity index (χ3n) is 2.56. The molecule has 0 aromatic heterocycles. The van der Waals surface area contributed by atoms with E-state index in [9.17, 15) is 4.79 Å². The SMILES string of the molecule is COC(=O)CCc1ccc(NCCO)c(C)c1. The van der Waals surface area contributed by atoms with Crippen molar-refractivity contribution in [2.75, 3.05) is 25.6 Å². The van der Waals surface area contributed by atoms with Crippen molar-refractivity contribution >= 4 is 11.7 Å². The van der Waals surface area contributed by atoms with Crippen molar-refractivity contribution in [3.8, 4) is 0 Å². The lowest BCUT2D eigenvalue weighted by Crippen LogP contribution is -2.07. The van der Waals surface area contributed by atoms with Gasteiger partial charge in [0.25, 0.3) is 0 Å². The molecule has 0 radical (unpaired) electrons. The Labute approximate surface area is 102 Å². The Morgan fingerprint density at radius 2 is 2.24 bits per heavy atom. The van der Waals surface area contributed by atoms with Crippen molar-refractivity contribution in [1.82, 2.24) is 0 Å². The molecule has 4 nitrogen and oxygen atoms in total. The van der Waals surface area contributed by atoms with Crippen LogP contribution in [-0.2, 0) is 16.0 Å². The molecule has 0 fully saturated rings. The van der Waals surface area contributed by atoms with E-state index in [2.05, 4.69) is 10.1 Å². The molecule has 0 unspecified atom stereocenters. The molecule has 0 amide bonds. The lowest BCUT2D eigenvalue weighted by Gasteiger charge is -2.10. The number of aliphatic hydroxyl groups is 1. The fourth-order valence-electron chi connectivity index (χ4n) is 1.62. The van der Waals surface area contributed by atoms with Gasteiger partial charge in [-0.3, -0.25) is 4.79 Å². The first-order valence-corrected chi connectivity index (χ1v) is 5.68. The molecule has 1 rings (SSSR count). The third kappa shape index (κ3) is 4.44. The average molecular weight is 237 g/mol. The van der Waals surface area contributed by atoms with Crippen LogP contribution in [0, 0.1) is 6.92 Å². The van der Waals surface area contributed by atoms with Gasteiger partial charge in [-0.1, -0.05) is 12.1 Å². The van der Waals surface area contributed by atoms with Crippen LogP contribution >= 0.6 is 0 Å². The number of benzene rings is 1. The first-order valence-electron chi connectivity index (χ1n) is 5.68. The van der Waals surface area contributed by atoms with Crippen molar-refractivity contribution in [3.63, 3.8) is 0 Å². The van der Waals surface area contributed by atoms with Gasteiger partial charge in [0.05, 0.1) is 13.7 Å². The van der Waals surface area contributed by atoms with Gasteiger partial charge in [0, 0.05) is 18.7 Å². The molecule has 4 heteroatoms. The van der Waals surface area contributed by atoms with Gasteiger partial charge in [0.15, 0.2) is 0 Å². The van der Waals surface area contributed by atoms with Gasteiger partial charge in [-0.25, -0.2) is 0 Å². The van der Waals surface area contributed by atoms with Crippen LogP contribution in [0.4, 0.5) is 5.69 Å². The minimum atomic E-state index is -0.190. The van der Waals surface area contributed by atoms with Crippen LogP contribution in [-0.4, -0.2) is 31.3 Å². The highest BCUT2D eigenvalue weighted by Crippen LogP contribution is 2.17. The fraction of sp³-hybridized carbons (Fsp3) is 0.462. The van der Waals surface area contributed by atoms with Crippen LogP contribution in [0.3, 0.4) is 0 Å². The fourth-order valence-corrected chi connectivity index (χ4v) is 1.62. The topological polar surface area (TPSA) is 58.6 Å². The highest BCUT2D eigenvalue weighted by atomic mass is 16.5. The minimum Gasteiger partial charge on any atom is -0.469 e. The maximum Gasteiger partial charge on any atom is 0.305 e. The molecule has 1 aromatic carbocycles. The molecule has 0 aliphatic carbocycles. The van der Waals surface area contributed by atoms with Gasteiger partial charge in [0.2, 0.25) is 0 Å². The Balaban J connectivity index is 2.58. The number of carbonyl (C=O) groups is 1. The van der Waals surface area contributed by atoms with Crippen LogP contribution in [0.1, 0.15) is 17.5 Å². The number of aryl methyl sites for hydroxylation is 2. The van der Waals surface area contributed by atoms with Crippen LogP contribution in [0.25, 0.3) is 0 Å². The summed E-state index contributed by atoms with van der Waals surface area (Å²) in [6.45, 7) is 2.66. The van der Waals surface area contributed by atoms with Crippen molar-refractivity contribution < 1.29 is 14.6 Å². The second-order valence-electron chi connectivity index (χ2n) is 3.88. The van der Waals surface area contributed by atoms with E-state index in [1.165, 1.54) is 7.11 Å². The Morgan fingerprint density at radius 3 is 2.82 bits per heavy atom. The van der Waals surface area contributed by atoms with E-state index >= 15 is 0 Å². The molecule has 0 bridgehead atoms. The van der Waals surface area contributed by atoms with E-state index in [-0.39, 0.29) is 12.6 Å². The van der Waals surface area contributed by atoms with Crippen LogP contribution in [0.15, 0.2) is 18.2 Å².